The van der Waals surface area contributed by atoms with Gasteiger partial charge in [-0.15, -0.1) is 0 Å². The lowest BCUT2D eigenvalue weighted by Crippen LogP contribution is -1.90. The fraction of sp³-hybridized carbons (Fsp3) is 0.214. The van der Waals surface area contributed by atoms with Crippen LogP contribution < -0.4 is 0 Å². The molecule has 2 rings (SSSR count). The van der Waals surface area contributed by atoms with Gasteiger partial charge < -0.3 is 0 Å². The maximum atomic E-state index is 4.45. The quantitative estimate of drug-likeness (QED) is 0.750. The van der Waals surface area contributed by atoms with E-state index in [2.05, 4.69) is 59.9 Å². The summed E-state index contributed by atoms with van der Waals surface area (Å²) in [4.78, 5) is 4.45. The number of hydrogen-bond donors (Lipinski definition) is 0. The number of nitrogens with zero attached hydrogens (tertiary/aromatic N) is 1. The van der Waals surface area contributed by atoms with Crippen LogP contribution in [0.25, 0.3) is 11.3 Å². The molecule has 0 atom stereocenters. The van der Waals surface area contributed by atoms with Crippen molar-refractivity contribution in [2.75, 3.05) is 0 Å². The molecular formula is C14H14BrN. The van der Waals surface area contributed by atoms with E-state index < -0.39 is 0 Å². The zero-order valence-electron chi connectivity index (χ0n) is 9.71. The summed E-state index contributed by atoms with van der Waals surface area (Å²) in [7, 11) is 0. The molecule has 0 aliphatic heterocycles. The highest BCUT2D eigenvalue weighted by Gasteiger charge is 2.06. The van der Waals surface area contributed by atoms with E-state index in [0.717, 1.165) is 5.69 Å². The summed E-state index contributed by atoms with van der Waals surface area (Å²) in [5.74, 6) is 0. The van der Waals surface area contributed by atoms with E-state index >= 15 is 0 Å². The molecule has 0 saturated heterocycles. The highest BCUT2D eigenvalue weighted by molar-refractivity contribution is 9.10. The minimum atomic E-state index is 1.07. The van der Waals surface area contributed by atoms with Gasteiger partial charge in [-0.3, -0.25) is 4.98 Å². The van der Waals surface area contributed by atoms with E-state index in [4.69, 9.17) is 0 Å². The summed E-state index contributed by atoms with van der Waals surface area (Å²) < 4.78 is 1.19. The van der Waals surface area contributed by atoms with E-state index in [1.165, 1.54) is 26.7 Å². The van der Waals surface area contributed by atoms with Crippen molar-refractivity contribution in [1.29, 1.82) is 0 Å². The standard InChI is InChI=1S/C14H14BrN/c1-9-5-4-6-16-14(9)12-7-10(2)13(15)11(3)8-12/h4-8H,1-3H3. The normalized spacial score (nSPS) is 10.5. The van der Waals surface area contributed by atoms with Crippen LogP contribution in [0, 0.1) is 20.8 Å². The number of rotatable bonds is 1. The Balaban J connectivity index is 2.62. The van der Waals surface area contributed by atoms with E-state index in [1.54, 1.807) is 0 Å². The molecule has 0 bridgehead atoms. The number of benzene rings is 1. The zero-order chi connectivity index (χ0) is 11.7. The van der Waals surface area contributed by atoms with Crippen molar-refractivity contribution < 1.29 is 0 Å². The average molecular weight is 276 g/mol. The summed E-state index contributed by atoms with van der Waals surface area (Å²) in [6.45, 7) is 6.31. The van der Waals surface area contributed by atoms with Crippen LogP contribution in [0.3, 0.4) is 0 Å². The number of pyridine rings is 1. The molecule has 0 radical (unpaired) electrons. The lowest BCUT2D eigenvalue weighted by atomic mass is 10.0. The number of hydrogen-bond acceptors (Lipinski definition) is 1. The first-order valence-electron chi connectivity index (χ1n) is 5.28. The van der Waals surface area contributed by atoms with Gasteiger partial charge in [0, 0.05) is 16.2 Å². The third-order valence-electron chi connectivity index (χ3n) is 2.72. The Morgan fingerprint density at radius 1 is 1.00 bits per heavy atom. The van der Waals surface area contributed by atoms with E-state index in [0.29, 0.717) is 0 Å². The Morgan fingerprint density at radius 2 is 1.62 bits per heavy atom. The lowest BCUT2D eigenvalue weighted by Gasteiger charge is -2.09. The van der Waals surface area contributed by atoms with Crippen LogP contribution in [0.2, 0.25) is 0 Å². The molecule has 2 aromatic rings. The summed E-state index contributed by atoms with van der Waals surface area (Å²) >= 11 is 3.58. The smallest absolute Gasteiger partial charge is 0.0731 e. The van der Waals surface area contributed by atoms with Gasteiger partial charge in [0.2, 0.25) is 0 Å². The van der Waals surface area contributed by atoms with Gasteiger partial charge in [-0.05, 0) is 55.7 Å². The average Bonchev–Trinajstić information content (AvgIpc) is 2.26. The van der Waals surface area contributed by atoms with Crippen LogP contribution in [0.5, 0.6) is 0 Å². The molecule has 1 aromatic carbocycles. The van der Waals surface area contributed by atoms with Crippen molar-refractivity contribution in [3.8, 4) is 11.3 Å². The number of aryl methyl sites for hydroxylation is 3. The second-order valence-electron chi connectivity index (χ2n) is 4.09. The van der Waals surface area contributed by atoms with Crippen molar-refractivity contribution in [2.24, 2.45) is 0 Å². The van der Waals surface area contributed by atoms with Gasteiger partial charge >= 0.3 is 0 Å². The van der Waals surface area contributed by atoms with Crippen LogP contribution in [-0.2, 0) is 0 Å². The Bertz CT molecular complexity index is 509. The van der Waals surface area contributed by atoms with E-state index in [9.17, 15) is 0 Å². The van der Waals surface area contributed by atoms with Gasteiger partial charge in [0.15, 0.2) is 0 Å². The molecule has 1 heterocycles. The molecule has 0 aliphatic rings. The molecule has 0 N–H and O–H groups in total. The molecule has 1 aromatic heterocycles. The molecule has 16 heavy (non-hydrogen) atoms. The third kappa shape index (κ3) is 2.03. The Kier molecular flexibility index (Phi) is 3.10. The Morgan fingerprint density at radius 3 is 2.19 bits per heavy atom. The minimum Gasteiger partial charge on any atom is -0.256 e. The Labute approximate surface area is 105 Å². The van der Waals surface area contributed by atoms with Crippen molar-refractivity contribution >= 4 is 15.9 Å². The first-order valence-corrected chi connectivity index (χ1v) is 6.07. The van der Waals surface area contributed by atoms with Crippen LogP contribution in [0.15, 0.2) is 34.9 Å². The van der Waals surface area contributed by atoms with Crippen LogP contribution in [-0.4, -0.2) is 4.98 Å². The molecular weight excluding hydrogens is 262 g/mol. The topological polar surface area (TPSA) is 12.9 Å². The molecule has 0 spiro atoms. The van der Waals surface area contributed by atoms with Gasteiger partial charge in [-0.2, -0.15) is 0 Å². The predicted molar refractivity (Wildman–Crippen MR) is 71.6 cm³/mol. The highest BCUT2D eigenvalue weighted by atomic mass is 79.9. The van der Waals surface area contributed by atoms with Gasteiger partial charge in [-0.1, -0.05) is 22.0 Å². The molecule has 1 nitrogen and oxygen atoms in total. The van der Waals surface area contributed by atoms with Crippen LogP contribution in [0.1, 0.15) is 16.7 Å². The predicted octanol–water partition coefficient (Wildman–Crippen LogP) is 4.44. The second-order valence-corrected chi connectivity index (χ2v) is 4.89. The summed E-state index contributed by atoms with van der Waals surface area (Å²) in [5, 5.41) is 0. The van der Waals surface area contributed by atoms with Gasteiger partial charge in [0.1, 0.15) is 0 Å². The molecule has 0 saturated carbocycles. The maximum absolute atomic E-state index is 4.45. The fourth-order valence-electron chi connectivity index (χ4n) is 1.87. The van der Waals surface area contributed by atoms with Gasteiger partial charge in [0.05, 0.1) is 5.69 Å². The minimum absolute atomic E-state index is 1.07. The summed E-state index contributed by atoms with van der Waals surface area (Å²) in [6.07, 6.45) is 1.84. The molecule has 82 valence electrons. The second kappa shape index (κ2) is 4.38. The van der Waals surface area contributed by atoms with Gasteiger partial charge in [-0.25, -0.2) is 0 Å². The molecule has 0 amide bonds. The zero-order valence-corrected chi connectivity index (χ0v) is 11.3. The third-order valence-corrected chi connectivity index (χ3v) is 3.97. The summed E-state index contributed by atoms with van der Waals surface area (Å²) in [5.41, 5.74) is 5.97. The maximum Gasteiger partial charge on any atom is 0.0731 e. The first kappa shape index (κ1) is 11.3. The Hall–Kier alpha value is -1.15. The largest absolute Gasteiger partial charge is 0.256 e. The van der Waals surface area contributed by atoms with Crippen LogP contribution >= 0.6 is 15.9 Å². The van der Waals surface area contributed by atoms with Crippen molar-refractivity contribution in [2.45, 2.75) is 20.8 Å². The number of halogens is 1. The van der Waals surface area contributed by atoms with Crippen molar-refractivity contribution in [1.82, 2.24) is 4.98 Å². The molecule has 2 heteroatoms. The molecule has 0 aliphatic carbocycles. The van der Waals surface area contributed by atoms with E-state index in [1.807, 2.05) is 12.3 Å². The van der Waals surface area contributed by atoms with Crippen molar-refractivity contribution in [3.05, 3.63) is 51.6 Å². The fourth-order valence-corrected chi connectivity index (χ4v) is 2.10. The van der Waals surface area contributed by atoms with E-state index in [-0.39, 0.29) is 0 Å². The lowest BCUT2D eigenvalue weighted by molar-refractivity contribution is 1.25. The highest BCUT2D eigenvalue weighted by Crippen LogP contribution is 2.28. The number of aromatic nitrogens is 1. The SMILES string of the molecule is Cc1cccnc1-c1cc(C)c(Br)c(C)c1. The monoisotopic (exact) mass is 275 g/mol. The summed E-state index contributed by atoms with van der Waals surface area (Å²) in [6, 6.07) is 8.41. The van der Waals surface area contributed by atoms with Crippen LogP contribution in [0.4, 0.5) is 0 Å². The molecule has 0 fully saturated rings. The van der Waals surface area contributed by atoms with Crippen molar-refractivity contribution in [3.63, 3.8) is 0 Å². The first-order chi connectivity index (χ1) is 7.59. The van der Waals surface area contributed by atoms with Gasteiger partial charge in [0.25, 0.3) is 0 Å². The molecule has 0 unspecified atom stereocenters.